The number of anilines is 1. The van der Waals surface area contributed by atoms with Crippen molar-refractivity contribution in [1.82, 2.24) is 15.0 Å². The van der Waals surface area contributed by atoms with Crippen LogP contribution in [0.15, 0.2) is 72.9 Å². The number of allylic oxidation sites excluding steroid dienone is 1. The number of hydrogen-bond donors (Lipinski definition) is 2. The van der Waals surface area contributed by atoms with Crippen LogP contribution in [0.25, 0.3) is 0 Å². The molecule has 2 aromatic carbocycles. The van der Waals surface area contributed by atoms with Gasteiger partial charge in [0.25, 0.3) is 5.91 Å². The maximum Gasteiger partial charge on any atom is 0.264 e. The Morgan fingerprint density at radius 3 is 2.66 bits per heavy atom. The van der Waals surface area contributed by atoms with Crippen LogP contribution in [-0.4, -0.2) is 37.7 Å². The van der Waals surface area contributed by atoms with Gasteiger partial charge < -0.3 is 15.1 Å². The van der Waals surface area contributed by atoms with Crippen molar-refractivity contribution in [3.8, 4) is 0 Å². The summed E-state index contributed by atoms with van der Waals surface area (Å²) in [7, 11) is 0. The molecule has 7 nitrogen and oxygen atoms in total. The molecule has 7 heteroatoms. The molecule has 0 radical (unpaired) electrons. The van der Waals surface area contributed by atoms with E-state index < -0.39 is 11.5 Å². The zero-order valence-electron chi connectivity index (χ0n) is 18.1. The Morgan fingerprint density at radius 2 is 1.88 bits per heavy atom. The van der Waals surface area contributed by atoms with Crippen molar-refractivity contribution in [3.05, 3.63) is 89.8 Å². The number of carbonyl (C=O) groups is 1. The summed E-state index contributed by atoms with van der Waals surface area (Å²) in [4.78, 5) is 15.1. The first-order valence-electron chi connectivity index (χ1n) is 10.9. The number of hydrogen-bond acceptors (Lipinski definition) is 5. The highest BCUT2D eigenvalue weighted by molar-refractivity contribution is 6.07. The molecule has 0 aliphatic carbocycles. The molecule has 2 heterocycles. The number of benzene rings is 2. The average Bonchev–Trinajstić information content (AvgIpc) is 3.35. The number of amides is 1. The number of carbonyl (C=O) groups excluding carboxylic acids is 1. The van der Waals surface area contributed by atoms with Gasteiger partial charge in [0.05, 0.1) is 17.9 Å². The van der Waals surface area contributed by atoms with Gasteiger partial charge in [-0.15, -0.1) is 5.10 Å². The quantitative estimate of drug-likeness (QED) is 0.508. The molecular formula is C25H28N4O3. The van der Waals surface area contributed by atoms with E-state index in [1.807, 2.05) is 79.9 Å². The zero-order chi connectivity index (χ0) is 22.6. The fourth-order valence-electron chi connectivity index (χ4n) is 4.15. The van der Waals surface area contributed by atoms with Gasteiger partial charge in [0.2, 0.25) is 0 Å². The van der Waals surface area contributed by atoms with Crippen LogP contribution >= 0.6 is 0 Å². The minimum absolute atomic E-state index is 0.0471. The minimum atomic E-state index is -1.61. The molecular weight excluding hydrogens is 404 g/mol. The van der Waals surface area contributed by atoms with E-state index in [0.717, 1.165) is 16.9 Å². The lowest BCUT2D eigenvalue weighted by molar-refractivity contribution is -0.139. The Bertz CT molecular complexity index is 1100. The molecule has 2 N–H and O–H groups in total. The molecule has 166 valence electrons. The highest BCUT2D eigenvalue weighted by Crippen LogP contribution is 2.45. The Hall–Kier alpha value is -3.29. The number of rotatable bonds is 9. The van der Waals surface area contributed by atoms with Gasteiger partial charge in [0, 0.05) is 37.3 Å². The molecule has 1 amide bonds. The van der Waals surface area contributed by atoms with E-state index in [1.165, 1.54) is 0 Å². The number of aryl methyl sites for hydroxylation is 1. The standard InChI is InChI=1S/C25H28N4O3/c1-19(9-7-8-15-28-18-21(14-16-30)26-27-28)25(32)22-12-5-6-13-23(22)29(24(25)31)17-20-10-3-2-4-11-20/h2-7,9-13,18-19,30,32H,8,14-17H2,1H3/b9-7+/t19-,25+/m0/s1. The summed E-state index contributed by atoms with van der Waals surface area (Å²) in [5.41, 5.74) is 1.55. The molecule has 3 aromatic rings. The van der Waals surface area contributed by atoms with Gasteiger partial charge in [-0.25, -0.2) is 0 Å². The van der Waals surface area contributed by atoms with Crippen molar-refractivity contribution in [2.24, 2.45) is 5.92 Å². The first kappa shape index (κ1) is 21.9. The van der Waals surface area contributed by atoms with Gasteiger partial charge in [-0.3, -0.25) is 9.48 Å². The fraction of sp³-hybridized carbons (Fsp3) is 0.320. The van der Waals surface area contributed by atoms with Crippen LogP contribution < -0.4 is 4.90 Å². The van der Waals surface area contributed by atoms with E-state index in [2.05, 4.69) is 10.3 Å². The second-order valence-electron chi connectivity index (χ2n) is 8.11. The van der Waals surface area contributed by atoms with Crippen molar-refractivity contribution < 1.29 is 15.0 Å². The average molecular weight is 433 g/mol. The lowest BCUT2D eigenvalue weighted by atomic mass is 9.83. The van der Waals surface area contributed by atoms with Gasteiger partial charge in [0.1, 0.15) is 0 Å². The van der Waals surface area contributed by atoms with E-state index >= 15 is 0 Å². The highest BCUT2D eigenvalue weighted by Gasteiger charge is 2.52. The molecule has 0 saturated carbocycles. The van der Waals surface area contributed by atoms with Gasteiger partial charge in [-0.2, -0.15) is 0 Å². The third-order valence-corrected chi connectivity index (χ3v) is 5.92. The number of fused-ring (bicyclic) bond motifs is 1. The third kappa shape index (κ3) is 4.22. The first-order chi connectivity index (χ1) is 15.5. The van der Waals surface area contributed by atoms with Gasteiger partial charge in [-0.05, 0) is 18.1 Å². The Labute approximate surface area is 187 Å². The highest BCUT2D eigenvalue weighted by atomic mass is 16.3. The number of para-hydroxylation sites is 1. The summed E-state index contributed by atoms with van der Waals surface area (Å²) in [5, 5.41) is 28.7. The second kappa shape index (κ2) is 9.46. The number of nitrogens with zero attached hydrogens (tertiary/aromatic N) is 4. The Morgan fingerprint density at radius 1 is 1.12 bits per heavy atom. The lowest BCUT2D eigenvalue weighted by Crippen LogP contribution is -2.44. The largest absolute Gasteiger partial charge is 0.396 e. The predicted octanol–water partition coefficient (Wildman–Crippen LogP) is 2.83. The molecule has 1 aliphatic heterocycles. The van der Waals surface area contributed by atoms with Crippen molar-refractivity contribution in [2.75, 3.05) is 11.5 Å². The van der Waals surface area contributed by atoms with Crippen LogP contribution in [0.1, 0.15) is 30.2 Å². The van der Waals surface area contributed by atoms with E-state index in [4.69, 9.17) is 5.11 Å². The minimum Gasteiger partial charge on any atom is -0.396 e. The summed E-state index contributed by atoms with van der Waals surface area (Å²) >= 11 is 0. The molecule has 4 rings (SSSR count). The molecule has 0 saturated heterocycles. The van der Waals surface area contributed by atoms with E-state index in [1.54, 1.807) is 9.58 Å². The summed E-state index contributed by atoms with van der Waals surface area (Å²) in [6.45, 7) is 2.96. The molecule has 1 aliphatic rings. The van der Waals surface area contributed by atoms with Gasteiger partial charge in [-0.1, -0.05) is 72.8 Å². The molecule has 32 heavy (non-hydrogen) atoms. The third-order valence-electron chi connectivity index (χ3n) is 5.92. The predicted molar refractivity (Wildman–Crippen MR) is 122 cm³/mol. The van der Waals surface area contributed by atoms with Crippen LogP contribution in [0.3, 0.4) is 0 Å². The normalized spacial score (nSPS) is 19.0. The molecule has 0 bridgehead atoms. The molecule has 0 spiro atoms. The van der Waals surface area contributed by atoms with Crippen LogP contribution in [-0.2, 0) is 29.9 Å². The summed E-state index contributed by atoms with van der Waals surface area (Å²) in [5.74, 6) is -0.706. The van der Waals surface area contributed by atoms with Gasteiger partial charge in [0.15, 0.2) is 5.60 Å². The number of aliphatic hydroxyl groups is 2. The number of aliphatic hydroxyl groups excluding tert-OH is 1. The van der Waals surface area contributed by atoms with Gasteiger partial charge >= 0.3 is 0 Å². The first-order valence-corrected chi connectivity index (χ1v) is 10.9. The Kier molecular flexibility index (Phi) is 6.48. The van der Waals surface area contributed by atoms with Crippen LogP contribution in [0.4, 0.5) is 5.69 Å². The summed E-state index contributed by atoms with van der Waals surface area (Å²) in [6, 6.07) is 17.3. The van der Waals surface area contributed by atoms with Crippen molar-refractivity contribution in [3.63, 3.8) is 0 Å². The van der Waals surface area contributed by atoms with E-state index in [0.29, 0.717) is 31.5 Å². The molecule has 0 unspecified atom stereocenters. The summed E-state index contributed by atoms with van der Waals surface area (Å²) in [6.07, 6.45) is 6.85. The molecule has 1 aromatic heterocycles. The lowest BCUT2D eigenvalue weighted by Gasteiger charge is -2.27. The summed E-state index contributed by atoms with van der Waals surface area (Å²) < 4.78 is 1.73. The van der Waals surface area contributed by atoms with Crippen molar-refractivity contribution in [1.29, 1.82) is 0 Å². The smallest absolute Gasteiger partial charge is 0.264 e. The van der Waals surface area contributed by atoms with Crippen LogP contribution in [0, 0.1) is 5.92 Å². The maximum absolute atomic E-state index is 13.4. The zero-order valence-corrected chi connectivity index (χ0v) is 18.1. The fourth-order valence-corrected chi connectivity index (χ4v) is 4.15. The number of aromatic nitrogens is 3. The monoisotopic (exact) mass is 432 g/mol. The Balaban J connectivity index is 1.48. The van der Waals surface area contributed by atoms with Crippen molar-refractivity contribution >= 4 is 11.6 Å². The van der Waals surface area contributed by atoms with Crippen LogP contribution in [0.5, 0.6) is 0 Å². The topological polar surface area (TPSA) is 91.5 Å². The molecule has 2 atom stereocenters. The molecule has 0 fully saturated rings. The van der Waals surface area contributed by atoms with Crippen molar-refractivity contribution in [2.45, 2.75) is 38.5 Å². The van der Waals surface area contributed by atoms with E-state index in [9.17, 15) is 9.90 Å². The van der Waals surface area contributed by atoms with E-state index in [-0.39, 0.29) is 12.5 Å². The van der Waals surface area contributed by atoms with Crippen LogP contribution in [0.2, 0.25) is 0 Å². The maximum atomic E-state index is 13.4. The SMILES string of the molecule is C[C@@H](/C=C/CCn1cc(CCO)nn1)[C@]1(O)C(=O)N(Cc2ccccc2)c2ccccc21. The second-order valence-corrected chi connectivity index (χ2v) is 8.11.